The number of aliphatic hydroxyl groups excluding tert-OH is 1. The standard InChI is InChI=1S/C15H28N2O2/c1-15(2,3)17-9-11(10-17)8-16-14(19)12-4-6-13(18)7-5-12/h11-13,18H,4-10H2,1-3H3,(H,16,19). The summed E-state index contributed by atoms with van der Waals surface area (Å²) in [7, 11) is 0. The quantitative estimate of drug-likeness (QED) is 0.813. The van der Waals surface area contributed by atoms with E-state index < -0.39 is 0 Å². The summed E-state index contributed by atoms with van der Waals surface area (Å²) >= 11 is 0. The fraction of sp³-hybridized carbons (Fsp3) is 0.933. The zero-order valence-electron chi connectivity index (χ0n) is 12.5. The number of likely N-dealkylation sites (tertiary alicyclic amines) is 1. The lowest BCUT2D eigenvalue weighted by Crippen LogP contribution is -2.58. The van der Waals surface area contributed by atoms with Crippen LogP contribution in [0.5, 0.6) is 0 Å². The van der Waals surface area contributed by atoms with E-state index in [9.17, 15) is 9.90 Å². The van der Waals surface area contributed by atoms with Crippen LogP contribution in [0.2, 0.25) is 0 Å². The normalized spacial score (nSPS) is 29.9. The highest BCUT2D eigenvalue weighted by Gasteiger charge is 2.34. The average molecular weight is 268 g/mol. The molecule has 1 saturated carbocycles. The number of nitrogens with zero attached hydrogens (tertiary/aromatic N) is 1. The van der Waals surface area contributed by atoms with Crippen molar-refractivity contribution < 1.29 is 9.90 Å². The maximum Gasteiger partial charge on any atom is 0.223 e. The van der Waals surface area contributed by atoms with Crippen LogP contribution in [0.25, 0.3) is 0 Å². The maximum absolute atomic E-state index is 12.0. The van der Waals surface area contributed by atoms with E-state index in [-0.39, 0.29) is 23.5 Å². The maximum atomic E-state index is 12.0. The Morgan fingerprint density at radius 2 is 1.79 bits per heavy atom. The minimum atomic E-state index is -0.184. The summed E-state index contributed by atoms with van der Waals surface area (Å²) in [6.45, 7) is 9.68. The van der Waals surface area contributed by atoms with Gasteiger partial charge in [0.25, 0.3) is 0 Å². The van der Waals surface area contributed by atoms with Crippen LogP contribution >= 0.6 is 0 Å². The summed E-state index contributed by atoms with van der Waals surface area (Å²) < 4.78 is 0. The largest absolute Gasteiger partial charge is 0.393 e. The molecule has 1 heterocycles. The van der Waals surface area contributed by atoms with Gasteiger partial charge in [0.15, 0.2) is 0 Å². The second kappa shape index (κ2) is 5.80. The van der Waals surface area contributed by atoms with Crippen LogP contribution in [0.1, 0.15) is 46.5 Å². The fourth-order valence-corrected chi connectivity index (χ4v) is 2.97. The molecule has 1 aliphatic heterocycles. The van der Waals surface area contributed by atoms with Crippen molar-refractivity contribution in [3.05, 3.63) is 0 Å². The lowest BCUT2D eigenvalue weighted by molar-refractivity contribution is -0.127. The third kappa shape index (κ3) is 3.93. The van der Waals surface area contributed by atoms with Crippen molar-refractivity contribution in [3.63, 3.8) is 0 Å². The first kappa shape index (κ1) is 14.8. The molecule has 4 nitrogen and oxygen atoms in total. The van der Waals surface area contributed by atoms with Gasteiger partial charge in [0.05, 0.1) is 6.10 Å². The summed E-state index contributed by atoms with van der Waals surface area (Å²) in [6.07, 6.45) is 3.05. The summed E-state index contributed by atoms with van der Waals surface area (Å²) in [5.74, 6) is 0.931. The fourth-order valence-electron chi connectivity index (χ4n) is 2.97. The van der Waals surface area contributed by atoms with E-state index in [1.807, 2.05) is 0 Å². The van der Waals surface area contributed by atoms with Crippen LogP contribution in [-0.2, 0) is 4.79 Å². The lowest BCUT2D eigenvalue weighted by atomic mass is 9.86. The molecule has 0 spiro atoms. The van der Waals surface area contributed by atoms with Crippen molar-refractivity contribution in [1.82, 2.24) is 10.2 Å². The molecule has 0 aromatic heterocycles. The summed E-state index contributed by atoms with van der Waals surface area (Å²) in [5, 5.41) is 12.5. The van der Waals surface area contributed by atoms with Crippen LogP contribution in [0.4, 0.5) is 0 Å². The Bertz CT molecular complexity index is 311. The lowest BCUT2D eigenvalue weighted by Gasteiger charge is -2.47. The average Bonchev–Trinajstić information content (AvgIpc) is 2.25. The van der Waals surface area contributed by atoms with E-state index in [1.54, 1.807) is 0 Å². The first-order chi connectivity index (χ1) is 8.86. The SMILES string of the molecule is CC(C)(C)N1CC(CNC(=O)C2CCC(O)CC2)C1. The van der Waals surface area contributed by atoms with Crippen molar-refractivity contribution in [2.75, 3.05) is 19.6 Å². The number of hydrogen-bond donors (Lipinski definition) is 2. The predicted molar refractivity (Wildman–Crippen MR) is 75.8 cm³/mol. The minimum absolute atomic E-state index is 0.127. The Morgan fingerprint density at radius 1 is 1.21 bits per heavy atom. The predicted octanol–water partition coefficient (Wildman–Crippen LogP) is 1.38. The monoisotopic (exact) mass is 268 g/mol. The molecule has 2 aliphatic rings. The molecule has 1 amide bonds. The van der Waals surface area contributed by atoms with E-state index in [0.29, 0.717) is 5.92 Å². The van der Waals surface area contributed by atoms with Crippen molar-refractivity contribution in [3.8, 4) is 0 Å². The van der Waals surface area contributed by atoms with Crippen LogP contribution in [0.15, 0.2) is 0 Å². The molecule has 110 valence electrons. The molecule has 0 bridgehead atoms. The van der Waals surface area contributed by atoms with Crippen molar-refractivity contribution in [2.45, 2.75) is 58.1 Å². The molecule has 0 radical (unpaired) electrons. The van der Waals surface area contributed by atoms with Crippen molar-refractivity contribution >= 4 is 5.91 Å². The summed E-state index contributed by atoms with van der Waals surface area (Å²) in [6, 6.07) is 0. The van der Waals surface area contributed by atoms with Crippen LogP contribution in [0, 0.1) is 11.8 Å². The number of aliphatic hydroxyl groups is 1. The van der Waals surface area contributed by atoms with Crippen LogP contribution < -0.4 is 5.32 Å². The molecule has 2 rings (SSSR count). The number of rotatable bonds is 3. The van der Waals surface area contributed by atoms with Gasteiger partial charge in [-0.05, 0) is 46.5 Å². The molecule has 0 atom stereocenters. The highest BCUT2D eigenvalue weighted by atomic mass is 16.3. The molecular weight excluding hydrogens is 240 g/mol. The Hall–Kier alpha value is -0.610. The van der Waals surface area contributed by atoms with Crippen LogP contribution in [0.3, 0.4) is 0 Å². The molecule has 1 aliphatic carbocycles. The second-order valence-corrected chi connectivity index (χ2v) is 7.19. The Kier molecular flexibility index (Phi) is 4.51. The smallest absolute Gasteiger partial charge is 0.223 e. The molecular formula is C15H28N2O2. The van der Waals surface area contributed by atoms with Gasteiger partial charge in [-0.2, -0.15) is 0 Å². The molecule has 2 N–H and O–H groups in total. The number of nitrogens with one attached hydrogen (secondary N) is 1. The van der Waals surface area contributed by atoms with E-state index >= 15 is 0 Å². The highest BCUT2D eigenvalue weighted by molar-refractivity contribution is 5.78. The molecule has 1 saturated heterocycles. The van der Waals surface area contributed by atoms with Gasteiger partial charge < -0.3 is 10.4 Å². The highest BCUT2D eigenvalue weighted by Crippen LogP contribution is 2.26. The Balaban J connectivity index is 1.63. The zero-order valence-corrected chi connectivity index (χ0v) is 12.5. The topological polar surface area (TPSA) is 52.6 Å². The van der Waals surface area contributed by atoms with E-state index in [1.165, 1.54) is 0 Å². The molecule has 0 aromatic rings. The molecule has 2 fully saturated rings. The Morgan fingerprint density at radius 3 is 2.32 bits per heavy atom. The van der Waals surface area contributed by atoms with E-state index in [4.69, 9.17) is 0 Å². The van der Waals surface area contributed by atoms with Crippen molar-refractivity contribution in [2.24, 2.45) is 11.8 Å². The number of carbonyl (C=O) groups is 1. The first-order valence-corrected chi connectivity index (χ1v) is 7.57. The third-order valence-corrected chi connectivity index (χ3v) is 4.54. The van der Waals surface area contributed by atoms with Crippen LogP contribution in [-0.4, -0.2) is 47.2 Å². The molecule has 0 aromatic carbocycles. The zero-order chi connectivity index (χ0) is 14.0. The summed E-state index contributed by atoms with van der Waals surface area (Å²) in [4.78, 5) is 14.5. The third-order valence-electron chi connectivity index (χ3n) is 4.54. The van der Waals surface area contributed by atoms with Gasteiger partial charge in [-0.15, -0.1) is 0 Å². The number of carbonyl (C=O) groups excluding carboxylic acids is 1. The Labute approximate surface area is 116 Å². The van der Waals surface area contributed by atoms with Gasteiger partial charge in [0.2, 0.25) is 5.91 Å². The van der Waals surface area contributed by atoms with Gasteiger partial charge in [-0.3, -0.25) is 9.69 Å². The number of amides is 1. The van der Waals surface area contributed by atoms with E-state index in [0.717, 1.165) is 45.3 Å². The van der Waals surface area contributed by atoms with E-state index in [2.05, 4.69) is 31.0 Å². The van der Waals surface area contributed by atoms with Gasteiger partial charge in [0.1, 0.15) is 0 Å². The van der Waals surface area contributed by atoms with Crippen molar-refractivity contribution in [1.29, 1.82) is 0 Å². The van der Waals surface area contributed by atoms with Gasteiger partial charge in [-0.1, -0.05) is 0 Å². The van der Waals surface area contributed by atoms with Gasteiger partial charge >= 0.3 is 0 Å². The molecule has 4 heteroatoms. The first-order valence-electron chi connectivity index (χ1n) is 7.57. The summed E-state index contributed by atoms with van der Waals surface area (Å²) in [5.41, 5.74) is 0.250. The van der Waals surface area contributed by atoms with Gasteiger partial charge in [-0.25, -0.2) is 0 Å². The molecule has 19 heavy (non-hydrogen) atoms. The number of hydrogen-bond acceptors (Lipinski definition) is 3. The molecule has 0 unspecified atom stereocenters. The second-order valence-electron chi connectivity index (χ2n) is 7.19. The minimum Gasteiger partial charge on any atom is -0.393 e. The van der Waals surface area contributed by atoms with Gasteiger partial charge in [0, 0.05) is 37.0 Å².